The summed E-state index contributed by atoms with van der Waals surface area (Å²) >= 11 is 0. The molecule has 106 valence electrons. The van der Waals surface area contributed by atoms with Crippen molar-refractivity contribution in [3.63, 3.8) is 0 Å². The molecule has 0 saturated carbocycles. The van der Waals surface area contributed by atoms with E-state index in [0.29, 0.717) is 0 Å². The van der Waals surface area contributed by atoms with E-state index < -0.39 is 0 Å². The van der Waals surface area contributed by atoms with Crippen LogP contribution in [-0.2, 0) is 0 Å². The molecule has 3 aromatic rings. The highest BCUT2D eigenvalue weighted by atomic mass is 14.5. The van der Waals surface area contributed by atoms with Crippen molar-refractivity contribution in [2.24, 2.45) is 0 Å². The van der Waals surface area contributed by atoms with Gasteiger partial charge in [0, 0.05) is 16.9 Å². The summed E-state index contributed by atoms with van der Waals surface area (Å²) < 4.78 is 0. The quantitative estimate of drug-likeness (QED) is 0.548. The van der Waals surface area contributed by atoms with Gasteiger partial charge in [0.15, 0.2) is 0 Å². The monoisotopic (exact) mass is 284 g/mol. The van der Waals surface area contributed by atoms with E-state index in [1.807, 2.05) is 66.7 Å². The first-order valence-electron chi connectivity index (χ1n) is 7.00. The second-order valence-electron chi connectivity index (χ2n) is 5.15. The molecule has 0 heterocycles. The third kappa shape index (κ3) is 2.65. The lowest BCUT2D eigenvalue weighted by atomic mass is 9.93. The lowest BCUT2D eigenvalue weighted by molar-refractivity contribution is 1.56. The summed E-state index contributed by atoms with van der Waals surface area (Å²) in [7, 11) is 0. The molecule has 0 amide bonds. The van der Waals surface area contributed by atoms with Gasteiger partial charge in [0.2, 0.25) is 0 Å². The zero-order valence-corrected chi connectivity index (χ0v) is 12.1. The average Bonchev–Trinajstić information content (AvgIpc) is 2.56. The number of nitrogens with two attached hydrogens (primary N) is 2. The van der Waals surface area contributed by atoms with E-state index in [0.717, 1.165) is 39.2 Å². The van der Waals surface area contributed by atoms with Crippen LogP contribution in [0.3, 0.4) is 0 Å². The first-order valence-corrected chi connectivity index (χ1v) is 7.00. The van der Waals surface area contributed by atoms with Gasteiger partial charge in [0.25, 0.3) is 0 Å². The Balaban J connectivity index is 2.15. The summed E-state index contributed by atoms with van der Waals surface area (Å²) in [6.07, 6.45) is 5.42. The van der Waals surface area contributed by atoms with Crippen LogP contribution in [-0.4, -0.2) is 0 Å². The Hall–Kier alpha value is -3.18. The second kappa shape index (κ2) is 5.67. The van der Waals surface area contributed by atoms with Crippen molar-refractivity contribution in [2.45, 2.75) is 0 Å². The van der Waals surface area contributed by atoms with E-state index in [2.05, 4.69) is 5.92 Å². The Labute approximate surface area is 130 Å². The Bertz CT molecular complexity index is 838. The minimum Gasteiger partial charge on any atom is -0.399 e. The van der Waals surface area contributed by atoms with Crippen LogP contribution >= 0.6 is 0 Å². The Morgan fingerprint density at radius 1 is 0.636 bits per heavy atom. The van der Waals surface area contributed by atoms with Crippen molar-refractivity contribution in [2.75, 3.05) is 11.5 Å². The van der Waals surface area contributed by atoms with Gasteiger partial charge < -0.3 is 11.5 Å². The van der Waals surface area contributed by atoms with E-state index in [9.17, 15) is 0 Å². The van der Waals surface area contributed by atoms with Gasteiger partial charge in [0.05, 0.1) is 0 Å². The number of benzene rings is 3. The molecular weight excluding hydrogens is 268 g/mol. The largest absolute Gasteiger partial charge is 0.399 e. The molecule has 0 saturated heterocycles. The molecule has 2 heteroatoms. The minimum absolute atomic E-state index is 0.732. The molecule has 3 rings (SSSR count). The van der Waals surface area contributed by atoms with Gasteiger partial charge in [-0.2, -0.15) is 0 Å². The molecule has 0 aliphatic rings. The summed E-state index contributed by atoms with van der Waals surface area (Å²) in [6, 6.07) is 21.7. The maximum Gasteiger partial charge on any atom is 0.0320 e. The van der Waals surface area contributed by atoms with Crippen LogP contribution in [0.15, 0.2) is 66.7 Å². The molecule has 0 aliphatic carbocycles. The van der Waals surface area contributed by atoms with Crippen LogP contribution in [0, 0.1) is 12.3 Å². The van der Waals surface area contributed by atoms with E-state index in [1.165, 1.54) is 0 Å². The summed E-state index contributed by atoms with van der Waals surface area (Å²) in [5.41, 5.74) is 18.5. The molecule has 0 spiro atoms. The smallest absolute Gasteiger partial charge is 0.0320 e. The Morgan fingerprint density at radius 2 is 1.18 bits per heavy atom. The van der Waals surface area contributed by atoms with E-state index in [1.54, 1.807) is 0 Å². The first-order chi connectivity index (χ1) is 10.7. The van der Waals surface area contributed by atoms with Crippen LogP contribution in [0.4, 0.5) is 11.4 Å². The fourth-order valence-electron chi connectivity index (χ4n) is 2.46. The summed E-state index contributed by atoms with van der Waals surface area (Å²) in [5, 5.41) is 0. The SMILES string of the molecule is C#Cc1ccc(-c2cc(N)ccc2-c2ccc(N)cc2)cc1. The first kappa shape index (κ1) is 13.8. The Morgan fingerprint density at radius 3 is 1.82 bits per heavy atom. The lowest BCUT2D eigenvalue weighted by Gasteiger charge is -2.12. The maximum absolute atomic E-state index is 5.97. The molecule has 0 aromatic heterocycles. The van der Waals surface area contributed by atoms with Gasteiger partial charge >= 0.3 is 0 Å². The molecule has 0 aliphatic heterocycles. The van der Waals surface area contributed by atoms with Crippen molar-refractivity contribution in [1.29, 1.82) is 0 Å². The molecule has 4 N–H and O–H groups in total. The number of anilines is 2. The van der Waals surface area contributed by atoms with Crippen LogP contribution in [0.2, 0.25) is 0 Å². The summed E-state index contributed by atoms with van der Waals surface area (Å²) in [5.74, 6) is 2.63. The molecular formula is C20H16N2. The molecule has 0 atom stereocenters. The van der Waals surface area contributed by atoms with Gasteiger partial charge in [-0.3, -0.25) is 0 Å². The number of hydrogen-bond acceptors (Lipinski definition) is 2. The van der Waals surface area contributed by atoms with Gasteiger partial charge in [-0.05, 0) is 58.7 Å². The predicted octanol–water partition coefficient (Wildman–Crippen LogP) is 4.17. The van der Waals surface area contributed by atoms with Crippen LogP contribution in [0.5, 0.6) is 0 Å². The average molecular weight is 284 g/mol. The zero-order chi connectivity index (χ0) is 15.5. The standard InChI is InChI=1S/C20H16N2/c1-2-14-3-5-16(6-4-14)20-13-18(22)11-12-19(20)15-7-9-17(21)10-8-15/h1,3-13H,21-22H2. The number of hydrogen-bond donors (Lipinski definition) is 2. The topological polar surface area (TPSA) is 52.0 Å². The minimum atomic E-state index is 0.732. The Kier molecular flexibility index (Phi) is 3.55. The number of terminal acetylenes is 1. The number of rotatable bonds is 2. The highest BCUT2D eigenvalue weighted by Crippen LogP contribution is 2.34. The third-order valence-corrected chi connectivity index (χ3v) is 3.63. The molecule has 22 heavy (non-hydrogen) atoms. The van der Waals surface area contributed by atoms with E-state index in [-0.39, 0.29) is 0 Å². The van der Waals surface area contributed by atoms with Gasteiger partial charge in [-0.15, -0.1) is 6.42 Å². The second-order valence-corrected chi connectivity index (χ2v) is 5.15. The fourth-order valence-corrected chi connectivity index (χ4v) is 2.46. The molecule has 0 bridgehead atoms. The highest BCUT2D eigenvalue weighted by molar-refractivity contribution is 5.86. The maximum atomic E-state index is 5.97. The van der Waals surface area contributed by atoms with Crippen molar-refractivity contribution < 1.29 is 0 Å². The molecule has 0 unspecified atom stereocenters. The summed E-state index contributed by atoms with van der Waals surface area (Å²) in [6.45, 7) is 0. The van der Waals surface area contributed by atoms with Crippen molar-refractivity contribution in [1.82, 2.24) is 0 Å². The number of nitrogen functional groups attached to an aromatic ring is 2. The zero-order valence-electron chi connectivity index (χ0n) is 12.1. The predicted molar refractivity (Wildman–Crippen MR) is 94.1 cm³/mol. The van der Waals surface area contributed by atoms with E-state index in [4.69, 9.17) is 17.9 Å². The van der Waals surface area contributed by atoms with Gasteiger partial charge in [0.1, 0.15) is 0 Å². The molecule has 3 aromatic carbocycles. The normalized spacial score (nSPS) is 10.1. The van der Waals surface area contributed by atoms with Crippen LogP contribution in [0.1, 0.15) is 5.56 Å². The lowest BCUT2D eigenvalue weighted by Crippen LogP contribution is -1.91. The molecule has 0 fully saturated rings. The van der Waals surface area contributed by atoms with E-state index >= 15 is 0 Å². The molecule has 0 radical (unpaired) electrons. The fraction of sp³-hybridized carbons (Fsp3) is 0. The summed E-state index contributed by atoms with van der Waals surface area (Å²) in [4.78, 5) is 0. The molecule has 2 nitrogen and oxygen atoms in total. The van der Waals surface area contributed by atoms with Crippen LogP contribution in [0.25, 0.3) is 22.3 Å². The van der Waals surface area contributed by atoms with Gasteiger partial charge in [-0.1, -0.05) is 36.3 Å². The van der Waals surface area contributed by atoms with Crippen molar-refractivity contribution in [3.05, 3.63) is 72.3 Å². The highest BCUT2D eigenvalue weighted by Gasteiger charge is 2.08. The van der Waals surface area contributed by atoms with Crippen LogP contribution < -0.4 is 11.5 Å². The third-order valence-electron chi connectivity index (χ3n) is 3.63. The van der Waals surface area contributed by atoms with Gasteiger partial charge in [-0.25, -0.2) is 0 Å². The van der Waals surface area contributed by atoms with Crippen molar-refractivity contribution >= 4 is 11.4 Å². The van der Waals surface area contributed by atoms with Crippen molar-refractivity contribution in [3.8, 4) is 34.6 Å².